The minimum atomic E-state index is -0.332. The molecule has 0 aliphatic heterocycles. The van der Waals surface area contributed by atoms with E-state index in [4.69, 9.17) is 4.74 Å². The summed E-state index contributed by atoms with van der Waals surface area (Å²) in [6.07, 6.45) is 0.325. The maximum atomic E-state index is 11.2. The highest BCUT2D eigenvalue weighted by Gasteiger charge is 2.35. The van der Waals surface area contributed by atoms with Crippen LogP contribution in [-0.4, -0.2) is 39.4 Å². The van der Waals surface area contributed by atoms with E-state index in [2.05, 4.69) is 23.9 Å². The smallest absolute Gasteiger partial charge is 0.307 e. The number of carbonyl (C=O) groups excluding carboxylic acids is 1. The molecule has 1 unspecified atom stereocenters. The average molecular weight is 203 g/mol. The van der Waals surface area contributed by atoms with Gasteiger partial charge in [-0.25, -0.2) is 0 Å². The molecule has 14 heavy (non-hydrogen) atoms. The Morgan fingerprint density at radius 3 is 2.29 bits per heavy atom. The topological polar surface area (TPSA) is 47.6 Å². The first-order chi connectivity index (χ1) is 6.52. The SMILES string of the molecule is CNC(COC)(CC(=O)OC)C(C)C. The number of ether oxygens (including phenoxy) is 2. The Hall–Kier alpha value is -0.610. The molecule has 0 aromatic carbocycles. The van der Waals surface area contributed by atoms with Gasteiger partial charge in [-0.2, -0.15) is 0 Å². The summed E-state index contributed by atoms with van der Waals surface area (Å²) >= 11 is 0. The largest absolute Gasteiger partial charge is 0.469 e. The lowest BCUT2D eigenvalue weighted by molar-refractivity contribution is -0.143. The van der Waals surface area contributed by atoms with E-state index in [1.165, 1.54) is 7.11 Å². The zero-order valence-electron chi connectivity index (χ0n) is 9.72. The lowest BCUT2D eigenvalue weighted by Gasteiger charge is -2.35. The predicted molar refractivity (Wildman–Crippen MR) is 55.1 cm³/mol. The molecule has 4 nitrogen and oxygen atoms in total. The Morgan fingerprint density at radius 2 is 2.00 bits per heavy atom. The van der Waals surface area contributed by atoms with E-state index in [1.54, 1.807) is 7.11 Å². The second-order valence-electron chi connectivity index (χ2n) is 3.75. The van der Waals surface area contributed by atoms with E-state index in [0.717, 1.165) is 0 Å². The highest BCUT2D eigenvalue weighted by molar-refractivity contribution is 5.70. The van der Waals surface area contributed by atoms with Crippen LogP contribution in [0.15, 0.2) is 0 Å². The minimum absolute atomic E-state index is 0.218. The van der Waals surface area contributed by atoms with Gasteiger partial charge in [0.15, 0.2) is 0 Å². The van der Waals surface area contributed by atoms with Crippen LogP contribution in [0.2, 0.25) is 0 Å². The van der Waals surface area contributed by atoms with E-state index < -0.39 is 0 Å². The third kappa shape index (κ3) is 3.27. The lowest BCUT2D eigenvalue weighted by Crippen LogP contribution is -2.53. The van der Waals surface area contributed by atoms with E-state index in [1.807, 2.05) is 7.05 Å². The summed E-state index contributed by atoms with van der Waals surface area (Å²) in [5.74, 6) is 0.0802. The first kappa shape index (κ1) is 13.4. The molecule has 0 aliphatic carbocycles. The summed E-state index contributed by atoms with van der Waals surface area (Å²) in [4.78, 5) is 11.2. The summed E-state index contributed by atoms with van der Waals surface area (Å²) < 4.78 is 9.80. The second kappa shape index (κ2) is 5.98. The van der Waals surface area contributed by atoms with E-state index in [-0.39, 0.29) is 11.5 Å². The van der Waals surface area contributed by atoms with Crippen LogP contribution in [0, 0.1) is 5.92 Å². The fourth-order valence-corrected chi connectivity index (χ4v) is 1.46. The quantitative estimate of drug-likeness (QED) is 0.649. The van der Waals surface area contributed by atoms with Crippen LogP contribution in [0.4, 0.5) is 0 Å². The van der Waals surface area contributed by atoms with Gasteiger partial charge < -0.3 is 14.8 Å². The van der Waals surface area contributed by atoms with Crippen molar-refractivity contribution >= 4 is 5.97 Å². The Balaban J connectivity index is 4.57. The van der Waals surface area contributed by atoms with Gasteiger partial charge in [0.1, 0.15) is 0 Å². The first-order valence-electron chi connectivity index (χ1n) is 4.77. The Bertz CT molecular complexity index is 182. The van der Waals surface area contributed by atoms with Crippen LogP contribution in [0.25, 0.3) is 0 Å². The molecule has 0 bridgehead atoms. The molecule has 0 rings (SSSR count). The third-order valence-electron chi connectivity index (χ3n) is 2.69. The highest BCUT2D eigenvalue weighted by Crippen LogP contribution is 2.21. The Labute approximate surface area is 86.0 Å². The molecule has 1 atom stereocenters. The molecule has 84 valence electrons. The zero-order chi connectivity index (χ0) is 11.2. The number of hydrogen-bond donors (Lipinski definition) is 1. The first-order valence-corrected chi connectivity index (χ1v) is 4.77. The molecule has 0 fully saturated rings. The summed E-state index contributed by atoms with van der Waals surface area (Å²) in [7, 11) is 4.86. The summed E-state index contributed by atoms with van der Waals surface area (Å²) in [6, 6.07) is 0. The molecular weight excluding hydrogens is 182 g/mol. The van der Waals surface area contributed by atoms with Crippen molar-refractivity contribution in [2.24, 2.45) is 5.92 Å². The average Bonchev–Trinajstić information content (AvgIpc) is 2.16. The van der Waals surface area contributed by atoms with Crippen molar-refractivity contribution in [1.29, 1.82) is 0 Å². The van der Waals surface area contributed by atoms with Gasteiger partial charge >= 0.3 is 5.97 Å². The van der Waals surface area contributed by atoms with Crippen LogP contribution in [0.3, 0.4) is 0 Å². The van der Waals surface area contributed by atoms with Gasteiger partial charge in [0.25, 0.3) is 0 Å². The number of nitrogens with one attached hydrogen (secondary N) is 1. The minimum Gasteiger partial charge on any atom is -0.469 e. The number of esters is 1. The number of hydrogen-bond acceptors (Lipinski definition) is 4. The van der Waals surface area contributed by atoms with E-state index >= 15 is 0 Å². The normalized spacial score (nSPS) is 15.3. The Kier molecular flexibility index (Phi) is 5.72. The molecule has 0 spiro atoms. The van der Waals surface area contributed by atoms with Gasteiger partial charge in [-0.1, -0.05) is 13.8 Å². The van der Waals surface area contributed by atoms with Crippen LogP contribution in [0.1, 0.15) is 20.3 Å². The van der Waals surface area contributed by atoms with Crippen molar-refractivity contribution in [2.75, 3.05) is 27.9 Å². The molecular formula is C10H21NO3. The standard InChI is InChI=1S/C10H21NO3/c1-8(2)10(11-3,7-13-4)6-9(12)14-5/h8,11H,6-7H2,1-5H3. The molecule has 4 heteroatoms. The zero-order valence-corrected chi connectivity index (χ0v) is 9.72. The predicted octanol–water partition coefficient (Wildman–Crippen LogP) is 0.810. The number of rotatable bonds is 6. The summed E-state index contributed by atoms with van der Waals surface area (Å²) in [6.45, 7) is 4.60. The van der Waals surface area contributed by atoms with Crippen molar-refractivity contribution in [1.82, 2.24) is 5.32 Å². The maximum Gasteiger partial charge on any atom is 0.307 e. The molecule has 0 radical (unpaired) electrons. The summed E-state index contributed by atoms with van der Waals surface area (Å²) in [5, 5.41) is 3.16. The second-order valence-corrected chi connectivity index (χ2v) is 3.75. The molecule has 0 saturated heterocycles. The Morgan fingerprint density at radius 1 is 1.43 bits per heavy atom. The van der Waals surface area contributed by atoms with Crippen molar-refractivity contribution in [3.8, 4) is 0 Å². The number of methoxy groups -OCH3 is 2. The molecule has 0 amide bonds. The van der Waals surface area contributed by atoms with Crippen LogP contribution >= 0.6 is 0 Å². The van der Waals surface area contributed by atoms with Gasteiger partial charge in [-0.3, -0.25) is 4.79 Å². The third-order valence-corrected chi connectivity index (χ3v) is 2.69. The maximum absolute atomic E-state index is 11.2. The van der Waals surface area contributed by atoms with Crippen molar-refractivity contribution in [3.63, 3.8) is 0 Å². The van der Waals surface area contributed by atoms with Gasteiger partial charge in [0, 0.05) is 7.11 Å². The van der Waals surface area contributed by atoms with Crippen molar-refractivity contribution in [2.45, 2.75) is 25.8 Å². The molecule has 0 aromatic heterocycles. The van der Waals surface area contributed by atoms with E-state index in [0.29, 0.717) is 18.9 Å². The van der Waals surface area contributed by atoms with Gasteiger partial charge in [0.2, 0.25) is 0 Å². The van der Waals surface area contributed by atoms with Crippen molar-refractivity contribution < 1.29 is 14.3 Å². The van der Waals surface area contributed by atoms with E-state index in [9.17, 15) is 4.79 Å². The fourth-order valence-electron chi connectivity index (χ4n) is 1.46. The highest BCUT2D eigenvalue weighted by atomic mass is 16.5. The molecule has 0 aromatic rings. The lowest BCUT2D eigenvalue weighted by atomic mass is 9.84. The van der Waals surface area contributed by atoms with Crippen LogP contribution < -0.4 is 5.32 Å². The summed E-state index contributed by atoms with van der Waals surface area (Å²) in [5.41, 5.74) is -0.332. The molecule has 0 aliphatic rings. The van der Waals surface area contributed by atoms with Crippen molar-refractivity contribution in [3.05, 3.63) is 0 Å². The van der Waals surface area contributed by atoms with Crippen LogP contribution in [-0.2, 0) is 14.3 Å². The molecule has 1 N–H and O–H groups in total. The monoisotopic (exact) mass is 203 g/mol. The van der Waals surface area contributed by atoms with Gasteiger partial charge in [0.05, 0.1) is 25.7 Å². The number of likely N-dealkylation sites (N-methyl/N-ethyl adjacent to an activating group) is 1. The van der Waals surface area contributed by atoms with Gasteiger partial charge in [-0.05, 0) is 13.0 Å². The number of carbonyl (C=O) groups is 1. The molecule has 0 heterocycles. The van der Waals surface area contributed by atoms with Crippen LogP contribution in [0.5, 0.6) is 0 Å². The fraction of sp³-hybridized carbons (Fsp3) is 0.900. The molecule has 0 saturated carbocycles. The van der Waals surface area contributed by atoms with Gasteiger partial charge in [-0.15, -0.1) is 0 Å².